The summed E-state index contributed by atoms with van der Waals surface area (Å²) >= 11 is 0. The van der Waals surface area contributed by atoms with E-state index in [1.165, 1.54) is 6.92 Å². The molecule has 7 heteroatoms. The van der Waals surface area contributed by atoms with Crippen molar-refractivity contribution in [3.05, 3.63) is 36.5 Å². The van der Waals surface area contributed by atoms with Gasteiger partial charge in [0.1, 0.15) is 5.60 Å². The molecule has 0 heterocycles. The monoisotopic (exact) mass is 473 g/mol. The number of allylic oxidation sites excluding steroid dienone is 4. The Morgan fingerprint density at radius 1 is 1.35 bits per heavy atom. The molecule has 8 atom stereocenters. The average molecular weight is 474 g/mol. The van der Waals surface area contributed by atoms with Gasteiger partial charge >= 0.3 is 5.97 Å². The predicted octanol–water partition coefficient (Wildman–Crippen LogP) is 2.51. The van der Waals surface area contributed by atoms with E-state index in [0.717, 1.165) is 12.0 Å². The molecule has 0 aromatic rings. The Kier molecular flexibility index (Phi) is 7.42. The van der Waals surface area contributed by atoms with Gasteiger partial charge in [0, 0.05) is 30.2 Å². The fraction of sp³-hybridized carbons (Fsp3) is 0.667. The zero-order valence-electron chi connectivity index (χ0n) is 20.8. The first-order valence-corrected chi connectivity index (χ1v) is 12.2. The van der Waals surface area contributed by atoms with Crippen molar-refractivity contribution in [1.29, 1.82) is 0 Å². The predicted molar refractivity (Wildman–Crippen MR) is 128 cm³/mol. The second-order valence-corrected chi connectivity index (χ2v) is 10.9. The highest BCUT2D eigenvalue weighted by molar-refractivity contribution is 6.01. The number of Topliss-reactive ketones (excluding diaryl/α,β-unsaturated/α-hetero) is 1. The standard InChI is InChI=1S/C24H32O6.C3H7N/c1-13-9-16-17-6-8-24(29,20(28)12-30-14(2)25)23(17,4)11-19(27)21(16)22(3)7-5-15(26)10-18(13)22;1-2-3-4/h5,7,10,13,16-17,19,21,27,29H,6,8-9,11-12H2,1-4H3;2H,1,3-4H2/t13-,16-,17-,19-,21+,22-,23-,24-;/m0./s1. The van der Waals surface area contributed by atoms with Gasteiger partial charge in [-0.3, -0.25) is 14.4 Å². The highest BCUT2D eigenvalue weighted by Gasteiger charge is 2.68. The molecule has 3 fully saturated rings. The number of fused-ring (bicyclic) bond motifs is 5. The van der Waals surface area contributed by atoms with Crippen LogP contribution in [0.3, 0.4) is 0 Å². The fourth-order valence-corrected chi connectivity index (χ4v) is 7.50. The lowest BCUT2D eigenvalue weighted by Gasteiger charge is -2.60. The van der Waals surface area contributed by atoms with E-state index in [2.05, 4.69) is 20.4 Å². The fourth-order valence-electron chi connectivity index (χ4n) is 7.50. The van der Waals surface area contributed by atoms with Gasteiger partial charge in [0.15, 0.2) is 12.4 Å². The molecular formula is C27H39NO6. The van der Waals surface area contributed by atoms with Crippen LogP contribution in [-0.2, 0) is 19.1 Å². The lowest BCUT2D eigenvalue weighted by molar-refractivity contribution is -0.182. The van der Waals surface area contributed by atoms with Gasteiger partial charge in [-0.15, -0.1) is 6.58 Å². The third kappa shape index (κ3) is 4.12. The summed E-state index contributed by atoms with van der Waals surface area (Å²) in [7, 11) is 0. The summed E-state index contributed by atoms with van der Waals surface area (Å²) in [5.41, 5.74) is 3.19. The molecule has 0 bridgehead atoms. The Morgan fingerprint density at radius 3 is 2.59 bits per heavy atom. The van der Waals surface area contributed by atoms with Crippen molar-refractivity contribution >= 4 is 17.5 Å². The van der Waals surface area contributed by atoms with Crippen molar-refractivity contribution < 1.29 is 29.3 Å². The van der Waals surface area contributed by atoms with Crippen LogP contribution in [0.2, 0.25) is 0 Å². The molecule has 0 spiro atoms. The van der Waals surface area contributed by atoms with Gasteiger partial charge in [-0.25, -0.2) is 0 Å². The van der Waals surface area contributed by atoms with Crippen LogP contribution >= 0.6 is 0 Å². The summed E-state index contributed by atoms with van der Waals surface area (Å²) in [6.07, 6.45) is 8.36. The number of hydrogen-bond acceptors (Lipinski definition) is 7. The number of hydrogen-bond donors (Lipinski definition) is 3. The van der Waals surface area contributed by atoms with Crippen molar-refractivity contribution in [3.8, 4) is 0 Å². The Morgan fingerprint density at radius 2 is 2.00 bits per heavy atom. The quantitative estimate of drug-likeness (QED) is 0.423. The molecule has 0 amide bonds. The highest BCUT2D eigenvalue weighted by atomic mass is 16.5. The number of ketones is 2. The van der Waals surface area contributed by atoms with Crippen molar-refractivity contribution in [2.24, 2.45) is 40.2 Å². The Balaban J connectivity index is 0.000000751. The molecule has 4 aliphatic rings. The van der Waals surface area contributed by atoms with Gasteiger partial charge in [-0.2, -0.15) is 0 Å². The maximum Gasteiger partial charge on any atom is 0.303 e. The maximum absolute atomic E-state index is 12.9. The number of aliphatic hydroxyl groups excluding tert-OH is 1. The Labute approximate surface area is 202 Å². The molecule has 0 saturated heterocycles. The first kappa shape index (κ1) is 26.5. The molecule has 3 saturated carbocycles. The van der Waals surface area contributed by atoms with Crippen LogP contribution in [0.25, 0.3) is 0 Å². The van der Waals surface area contributed by atoms with Crippen LogP contribution in [0, 0.1) is 34.5 Å². The normalized spacial score (nSPS) is 42.3. The molecule has 188 valence electrons. The van der Waals surface area contributed by atoms with E-state index in [4.69, 9.17) is 10.5 Å². The summed E-state index contributed by atoms with van der Waals surface area (Å²) < 4.78 is 4.89. The minimum Gasteiger partial charge on any atom is -0.458 e. The van der Waals surface area contributed by atoms with Gasteiger partial charge in [0.2, 0.25) is 5.78 Å². The van der Waals surface area contributed by atoms with Gasteiger partial charge in [-0.05, 0) is 55.6 Å². The molecule has 0 aromatic carbocycles. The lowest BCUT2D eigenvalue weighted by atomic mass is 9.45. The third-order valence-corrected chi connectivity index (χ3v) is 9.00. The number of carbonyl (C=O) groups is 3. The van der Waals surface area contributed by atoms with Gasteiger partial charge in [0.05, 0.1) is 6.10 Å². The summed E-state index contributed by atoms with van der Waals surface area (Å²) in [4.78, 5) is 36.1. The van der Waals surface area contributed by atoms with Crippen LogP contribution in [0.5, 0.6) is 0 Å². The average Bonchev–Trinajstić information content (AvgIpc) is 3.04. The van der Waals surface area contributed by atoms with E-state index in [1.54, 1.807) is 18.2 Å². The van der Waals surface area contributed by atoms with E-state index in [0.29, 0.717) is 25.8 Å². The summed E-state index contributed by atoms with van der Waals surface area (Å²) in [6.45, 7) is 10.9. The van der Waals surface area contributed by atoms with Gasteiger partial charge < -0.3 is 20.7 Å². The van der Waals surface area contributed by atoms with Gasteiger partial charge in [0.25, 0.3) is 0 Å². The lowest BCUT2D eigenvalue weighted by Crippen LogP contribution is -2.62. The molecule has 4 aliphatic carbocycles. The largest absolute Gasteiger partial charge is 0.458 e. The molecule has 0 aliphatic heterocycles. The van der Waals surface area contributed by atoms with Crippen molar-refractivity contribution in [2.45, 2.75) is 65.1 Å². The van der Waals surface area contributed by atoms with Crippen molar-refractivity contribution in [2.75, 3.05) is 13.2 Å². The number of carbonyl (C=O) groups excluding carboxylic acids is 3. The third-order valence-electron chi connectivity index (χ3n) is 9.00. The number of nitrogens with two attached hydrogens (primary N) is 1. The van der Waals surface area contributed by atoms with Crippen LogP contribution in [0.15, 0.2) is 36.5 Å². The minimum atomic E-state index is -1.61. The summed E-state index contributed by atoms with van der Waals surface area (Å²) in [5, 5.41) is 22.9. The van der Waals surface area contributed by atoms with Crippen LogP contribution < -0.4 is 5.73 Å². The second-order valence-electron chi connectivity index (χ2n) is 10.9. The van der Waals surface area contributed by atoms with E-state index < -0.39 is 40.9 Å². The maximum atomic E-state index is 12.9. The van der Waals surface area contributed by atoms with E-state index in [-0.39, 0.29) is 29.5 Å². The topological polar surface area (TPSA) is 127 Å². The number of rotatable bonds is 4. The van der Waals surface area contributed by atoms with Crippen molar-refractivity contribution in [1.82, 2.24) is 0 Å². The molecule has 34 heavy (non-hydrogen) atoms. The second kappa shape index (κ2) is 9.51. The van der Waals surface area contributed by atoms with Crippen LogP contribution in [0.1, 0.15) is 53.4 Å². The minimum absolute atomic E-state index is 0.00535. The number of aliphatic hydroxyl groups is 2. The van der Waals surface area contributed by atoms with E-state index >= 15 is 0 Å². The van der Waals surface area contributed by atoms with Crippen molar-refractivity contribution in [3.63, 3.8) is 0 Å². The first-order chi connectivity index (χ1) is 15.9. The first-order valence-electron chi connectivity index (χ1n) is 12.2. The number of ether oxygens (including phenoxy) is 1. The van der Waals surface area contributed by atoms with Crippen LogP contribution in [-0.4, -0.2) is 52.6 Å². The smallest absolute Gasteiger partial charge is 0.303 e. The van der Waals surface area contributed by atoms with E-state index in [1.807, 2.05) is 13.0 Å². The highest BCUT2D eigenvalue weighted by Crippen LogP contribution is 2.67. The SMILES string of the molecule is C=CCN.CC(=O)OCC(=O)[C@@]1(O)CC[C@H]2[C@@H]3C[C@H](C)C4=CC(=O)C=C[C@]4(C)[C@H]3[C@@H](O)C[C@@]21C. The molecule has 0 radical (unpaired) electrons. The zero-order valence-corrected chi connectivity index (χ0v) is 20.8. The van der Waals surface area contributed by atoms with Crippen LogP contribution in [0.4, 0.5) is 0 Å². The molecule has 0 unspecified atom stereocenters. The zero-order chi connectivity index (χ0) is 25.5. The molecule has 4 N–H and O–H groups in total. The molecule has 0 aromatic heterocycles. The summed E-state index contributed by atoms with van der Waals surface area (Å²) in [6, 6.07) is 0. The Hall–Kier alpha value is -2.09. The molecular weight excluding hydrogens is 434 g/mol. The number of esters is 1. The molecule has 7 nitrogen and oxygen atoms in total. The summed E-state index contributed by atoms with van der Waals surface area (Å²) in [5.74, 6) is -0.712. The Bertz CT molecular complexity index is 924. The van der Waals surface area contributed by atoms with Gasteiger partial charge in [-0.1, -0.05) is 38.5 Å². The van der Waals surface area contributed by atoms with E-state index in [9.17, 15) is 24.6 Å². The molecule has 4 rings (SSSR count).